The van der Waals surface area contributed by atoms with Crippen LogP contribution in [0.3, 0.4) is 0 Å². The van der Waals surface area contributed by atoms with Crippen LogP contribution in [-0.2, 0) is 16.6 Å². The van der Waals surface area contributed by atoms with Gasteiger partial charge < -0.3 is 9.73 Å². The highest BCUT2D eigenvalue weighted by molar-refractivity contribution is 7.92. The van der Waals surface area contributed by atoms with E-state index in [1.807, 2.05) is 30.3 Å². The molecule has 0 aliphatic carbocycles. The quantitative estimate of drug-likeness (QED) is 0.695. The molecule has 7 heteroatoms. The topological polar surface area (TPSA) is 88.4 Å². The molecule has 124 valence electrons. The normalized spacial score (nSPS) is 11.4. The number of nitrogens with one attached hydrogen (secondary N) is 2. The maximum absolute atomic E-state index is 12.2. The third-order valence-corrected chi connectivity index (χ3v) is 3.99. The number of hydrogen-bond acceptors (Lipinski definition) is 5. The fourth-order valence-corrected chi connectivity index (χ4v) is 2.95. The van der Waals surface area contributed by atoms with Crippen molar-refractivity contribution >= 4 is 32.4 Å². The molecule has 24 heavy (non-hydrogen) atoms. The number of fused-ring (bicyclic) bond motifs is 1. The summed E-state index contributed by atoms with van der Waals surface area (Å²) in [6.45, 7) is 0.437. The molecule has 3 aromatic rings. The maximum atomic E-state index is 12.2. The van der Waals surface area contributed by atoms with Crippen LogP contribution in [0.5, 0.6) is 0 Å². The monoisotopic (exact) mass is 344 g/mol. The maximum Gasteiger partial charge on any atom is 0.363 e. The molecule has 0 aliphatic rings. The number of benzene rings is 2. The zero-order valence-corrected chi connectivity index (χ0v) is 13.8. The molecule has 0 radical (unpaired) electrons. The van der Waals surface area contributed by atoms with E-state index in [4.69, 9.17) is 4.42 Å². The summed E-state index contributed by atoms with van der Waals surface area (Å²) in [4.78, 5) is 12.2. The lowest BCUT2D eigenvalue weighted by atomic mass is 10.1. The van der Waals surface area contributed by atoms with Crippen molar-refractivity contribution in [3.8, 4) is 0 Å². The summed E-state index contributed by atoms with van der Waals surface area (Å²) < 4.78 is 30.7. The molecule has 0 bridgehead atoms. The van der Waals surface area contributed by atoms with Crippen molar-refractivity contribution < 1.29 is 12.8 Å². The third kappa shape index (κ3) is 3.57. The van der Waals surface area contributed by atoms with E-state index >= 15 is 0 Å². The van der Waals surface area contributed by atoms with Gasteiger partial charge in [-0.2, -0.15) is 0 Å². The average Bonchev–Trinajstić information content (AvgIpc) is 2.54. The molecule has 0 spiro atoms. The molecule has 2 N–H and O–H groups in total. The van der Waals surface area contributed by atoms with Crippen LogP contribution in [0, 0.1) is 0 Å². The molecule has 0 unspecified atom stereocenters. The van der Waals surface area contributed by atoms with Gasteiger partial charge in [-0.05, 0) is 17.7 Å². The molecule has 6 nitrogen and oxygen atoms in total. The van der Waals surface area contributed by atoms with Crippen molar-refractivity contribution in [1.29, 1.82) is 0 Å². The summed E-state index contributed by atoms with van der Waals surface area (Å²) in [6, 6.07) is 16.6. The van der Waals surface area contributed by atoms with Crippen LogP contribution in [0.2, 0.25) is 0 Å². The molecular weight excluding hydrogens is 328 g/mol. The van der Waals surface area contributed by atoms with Gasteiger partial charge in [0.1, 0.15) is 5.58 Å². The van der Waals surface area contributed by atoms with Crippen LogP contribution in [0.1, 0.15) is 5.56 Å². The van der Waals surface area contributed by atoms with Crippen LogP contribution in [0.15, 0.2) is 63.8 Å². The lowest BCUT2D eigenvalue weighted by molar-refractivity contribution is 0.563. The SMILES string of the molecule is CS(=O)(=O)Nc1c(NCc2ccccc2)c2ccccc2oc1=O. The number of rotatable bonds is 5. The standard InChI is InChI=1S/C17H16N2O4S/c1-24(21,22)19-16-15(18-11-12-7-3-2-4-8-12)13-9-5-6-10-14(13)23-17(16)20/h2-10,18-19H,11H2,1H3. The van der Waals surface area contributed by atoms with E-state index in [9.17, 15) is 13.2 Å². The fraction of sp³-hybridized carbons (Fsp3) is 0.118. The van der Waals surface area contributed by atoms with Crippen molar-refractivity contribution in [2.24, 2.45) is 0 Å². The molecule has 0 atom stereocenters. The Balaban J connectivity index is 2.11. The van der Waals surface area contributed by atoms with Crippen molar-refractivity contribution in [3.63, 3.8) is 0 Å². The minimum atomic E-state index is -3.62. The number of para-hydroxylation sites is 1. The van der Waals surface area contributed by atoms with E-state index in [0.717, 1.165) is 11.8 Å². The molecule has 3 rings (SSSR count). The predicted octanol–water partition coefficient (Wildman–Crippen LogP) is 2.78. The molecular formula is C17H16N2O4S. The van der Waals surface area contributed by atoms with Crippen molar-refractivity contribution in [3.05, 3.63) is 70.6 Å². The summed E-state index contributed by atoms with van der Waals surface area (Å²) >= 11 is 0. The summed E-state index contributed by atoms with van der Waals surface area (Å²) in [6.07, 6.45) is 0.989. The summed E-state index contributed by atoms with van der Waals surface area (Å²) in [5, 5.41) is 3.77. The van der Waals surface area contributed by atoms with Gasteiger partial charge in [-0.3, -0.25) is 4.72 Å². The Labute approximate surface area is 139 Å². The van der Waals surface area contributed by atoms with Gasteiger partial charge in [0.05, 0.1) is 11.9 Å². The predicted molar refractivity (Wildman–Crippen MR) is 94.7 cm³/mol. The van der Waals surface area contributed by atoms with E-state index in [-0.39, 0.29) is 5.69 Å². The van der Waals surface area contributed by atoms with Crippen LogP contribution in [0.4, 0.5) is 11.4 Å². The lowest BCUT2D eigenvalue weighted by Crippen LogP contribution is -2.19. The third-order valence-electron chi connectivity index (χ3n) is 3.41. The van der Waals surface area contributed by atoms with E-state index in [2.05, 4.69) is 10.0 Å². The van der Waals surface area contributed by atoms with Crippen molar-refractivity contribution in [2.45, 2.75) is 6.54 Å². The summed E-state index contributed by atoms with van der Waals surface area (Å²) in [7, 11) is -3.62. The van der Waals surface area contributed by atoms with E-state index in [1.165, 1.54) is 0 Å². The Bertz CT molecular complexity index is 1030. The highest BCUT2D eigenvalue weighted by atomic mass is 32.2. The molecule has 0 amide bonds. The number of anilines is 2. The summed E-state index contributed by atoms with van der Waals surface area (Å²) in [5.74, 6) is 0. The second-order valence-corrected chi connectivity index (χ2v) is 7.10. The van der Waals surface area contributed by atoms with Crippen LogP contribution < -0.4 is 15.7 Å². The Kier molecular flexibility index (Phi) is 4.26. The minimum Gasteiger partial charge on any atom is -0.421 e. The van der Waals surface area contributed by atoms with Gasteiger partial charge in [0.15, 0.2) is 5.69 Å². The molecule has 2 aromatic carbocycles. The average molecular weight is 344 g/mol. The Morgan fingerprint density at radius 3 is 2.33 bits per heavy atom. The first-order valence-corrected chi connectivity index (χ1v) is 9.14. The highest BCUT2D eigenvalue weighted by Gasteiger charge is 2.17. The van der Waals surface area contributed by atoms with Gasteiger partial charge >= 0.3 is 5.63 Å². The number of sulfonamides is 1. The first-order valence-electron chi connectivity index (χ1n) is 7.25. The summed E-state index contributed by atoms with van der Waals surface area (Å²) in [5.41, 5.74) is 0.926. The highest BCUT2D eigenvalue weighted by Crippen LogP contribution is 2.29. The van der Waals surface area contributed by atoms with Crippen molar-refractivity contribution in [1.82, 2.24) is 0 Å². The molecule has 1 heterocycles. The van der Waals surface area contributed by atoms with E-state index in [0.29, 0.717) is 23.2 Å². The molecule has 0 aliphatic heterocycles. The smallest absolute Gasteiger partial charge is 0.363 e. The van der Waals surface area contributed by atoms with Crippen LogP contribution in [0.25, 0.3) is 11.0 Å². The lowest BCUT2D eigenvalue weighted by Gasteiger charge is -2.14. The minimum absolute atomic E-state index is 0.118. The Morgan fingerprint density at radius 2 is 1.62 bits per heavy atom. The second-order valence-electron chi connectivity index (χ2n) is 5.35. The fourth-order valence-electron chi connectivity index (χ4n) is 2.40. The van der Waals surface area contributed by atoms with Crippen LogP contribution in [-0.4, -0.2) is 14.7 Å². The second kappa shape index (κ2) is 6.37. The zero-order chi connectivity index (χ0) is 17.2. The van der Waals surface area contributed by atoms with Crippen LogP contribution >= 0.6 is 0 Å². The van der Waals surface area contributed by atoms with Gasteiger partial charge in [-0.15, -0.1) is 0 Å². The van der Waals surface area contributed by atoms with Gasteiger partial charge in [0.2, 0.25) is 10.0 Å². The first-order chi connectivity index (χ1) is 11.4. The largest absolute Gasteiger partial charge is 0.421 e. The van der Waals surface area contributed by atoms with Gasteiger partial charge in [-0.25, -0.2) is 13.2 Å². The van der Waals surface area contributed by atoms with Crippen molar-refractivity contribution in [2.75, 3.05) is 16.3 Å². The van der Waals surface area contributed by atoms with Gasteiger partial charge in [0, 0.05) is 11.9 Å². The first kappa shape index (κ1) is 16.1. The van der Waals surface area contributed by atoms with Gasteiger partial charge in [0.25, 0.3) is 0 Å². The Morgan fingerprint density at radius 1 is 0.958 bits per heavy atom. The van der Waals surface area contributed by atoms with E-state index in [1.54, 1.807) is 24.3 Å². The molecule has 0 fully saturated rings. The molecule has 0 saturated heterocycles. The zero-order valence-electron chi connectivity index (χ0n) is 12.9. The van der Waals surface area contributed by atoms with E-state index < -0.39 is 15.6 Å². The molecule has 1 aromatic heterocycles. The number of hydrogen-bond donors (Lipinski definition) is 2. The Hall–Kier alpha value is -2.80. The van der Waals surface area contributed by atoms with Gasteiger partial charge in [-0.1, -0.05) is 42.5 Å². The molecule has 0 saturated carbocycles.